The fourth-order valence-corrected chi connectivity index (χ4v) is 3.42. The third-order valence-corrected chi connectivity index (χ3v) is 4.66. The molecule has 0 spiro atoms. The van der Waals surface area contributed by atoms with Crippen LogP contribution in [0.1, 0.15) is 48.1 Å². The summed E-state index contributed by atoms with van der Waals surface area (Å²) in [6, 6.07) is 2.85. The molecule has 17 heavy (non-hydrogen) atoms. The summed E-state index contributed by atoms with van der Waals surface area (Å²) in [5.74, 6) is 2.32. The van der Waals surface area contributed by atoms with Gasteiger partial charge >= 0.3 is 0 Å². The van der Waals surface area contributed by atoms with Crippen LogP contribution in [0.3, 0.4) is 0 Å². The number of nitrogens with one attached hydrogen (secondary N) is 1. The first-order valence-corrected chi connectivity index (χ1v) is 7.55. The van der Waals surface area contributed by atoms with Crippen molar-refractivity contribution in [3.63, 3.8) is 0 Å². The van der Waals surface area contributed by atoms with Crippen molar-refractivity contribution < 1.29 is 0 Å². The third kappa shape index (κ3) is 2.99. The number of aryl methyl sites for hydroxylation is 1. The zero-order valence-corrected chi connectivity index (χ0v) is 11.1. The molecule has 1 aromatic rings. The first kappa shape index (κ1) is 11.5. The van der Waals surface area contributed by atoms with Gasteiger partial charge in [0.05, 0.1) is 10.9 Å². The van der Waals surface area contributed by atoms with Crippen molar-refractivity contribution in [2.24, 2.45) is 0 Å². The van der Waals surface area contributed by atoms with Gasteiger partial charge in [-0.25, -0.2) is 9.97 Å². The minimum absolute atomic E-state index is 0.537. The van der Waals surface area contributed by atoms with Gasteiger partial charge in [-0.05, 0) is 44.4 Å². The smallest absolute Gasteiger partial charge is 0.141 e. The van der Waals surface area contributed by atoms with Gasteiger partial charge in [-0.15, -0.1) is 0 Å². The molecule has 0 amide bonds. The Bertz CT molecular complexity index is 398. The Kier molecular flexibility index (Phi) is 3.34. The Labute approximate surface area is 107 Å². The van der Waals surface area contributed by atoms with Crippen molar-refractivity contribution in [3.05, 3.63) is 23.3 Å². The lowest BCUT2D eigenvalue weighted by Crippen LogP contribution is -2.17. The van der Waals surface area contributed by atoms with Gasteiger partial charge < -0.3 is 5.32 Å². The number of rotatable bonds is 4. The molecule has 3 nitrogen and oxygen atoms in total. The van der Waals surface area contributed by atoms with E-state index in [1.807, 2.05) is 11.8 Å². The third-order valence-electron chi connectivity index (χ3n) is 3.29. The normalized spacial score (nSPS) is 24.2. The second-order valence-corrected chi connectivity index (χ2v) is 6.33. The molecule has 1 aliphatic carbocycles. The monoisotopic (exact) mass is 249 g/mol. The summed E-state index contributed by atoms with van der Waals surface area (Å²) in [4.78, 5) is 9.32. The van der Waals surface area contributed by atoms with Crippen LogP contribution in [0, 0.1) is 6.92 Å². The van der Waals surface area contributed by atoms with Crippen LogP contribution in [-0.2, 0) is 6.54 Å². The molecule has 1 saturated carbocycles. The number of aromatic nitrogens is 2. The van der Waals surface area contributed by atoms with Crippen molar-refractivity contribution >= 4 is 11.8 Å². The van der Waals surface area contributed by atoms with Gasteiger partial charge in [0, 0.05) is 18.3 Å². The Morgan fingerprint density at radius 2 is 2.24 bits per heavy atom. The van der Waals surface area contributed by atoms with Crippen LogP contribution >= 0.6 is 11.8 Å². The molecule has 2 fully saturated rings. The summed E-state index contributed by atoms with van der Waals surface area (Å²) in [7, 11) is 0. The maximum atomic E-state index is 4.72. The van der Waals surface area contributed by atoms with E-state index >= 15 is 0 Å². The molecule has 1 saturated heterocycles. The zero-order valence-electron chi connectivity index (χ0n) is 10.3. The summed E-state index contributed by atoms with van der Waals surface area (Å²) in [5.41, 5.74) is 2.27. The predicted molar refractivity (Wildman–Crippen MR) is 71.1 cm³/mol. The minimum atomic E-state index is 0.537. The second-order valence-electron chi connectivity index (χ2n) is 5.02. The lowest BCUT2D eigenvalue weighted by molar-refractivity contribution is 0.661. The van der Waals surface area contributed by atoms with E-state index in [0.29, 0.717) is 5.25 Å². The summed E-state index contributed by atoms with van der Waals surface area (Å²) < 4.78 is 0. The quantitative estimate of drug-likeness (QED) is 0.890. The van der Waals surface area contributed by atoms with Crippen LogP contribution in [0.5, 0.6) is 0 Å². The van der Waals surface area contributed by atoms with E-state index in [1.54, 1.807) is 0 Å². The second kappa shape index (κ2) is 4.94. The average Bonchev–Trinajstić information content (AvgIpc) is 2.98. The SMILES string of the molecule is Cc1cc(CNC2CC2)nc(C2CCCS2)n1. The van der Waals surface area contributed by atoms with E-state index < -0.39 is 0 Å². The van der Waals surface area contributed by atoms with Gasteiger partial charge in [-0.3, -0.25) is 0 Å². The molecule has 0 aromatic carbocycles. The number of hydrogen-bond acceptors (Lipinski definition) is 4. The predicted octanol–water partition coefficient (Wildman–Crippen LogP) is 2.61. The molecule has 0 radical (unpaired) electrons. The molecule has 1 aromatic heterocycles. The number of nitrogens with zero attached hydrogens (tertiary/aromatic N) is 2. The van der Waals surface area contributed by atoms with Gasteiger partial charge in [0.15, 0.2) is 0 Å². The van der Waals surface area contributed by atoms with E-state index in [1.165, 1.54) is 31.4 Å². The molecular formula is C13H19N3S. The van der Waals surface area contributed by atoms with E-state index in [4.69, 9.17) is 4.98 Å². The van der Waals surface area contributed by atoms with E-state index in [-0.39, 0.29) is 0 Å². The Hall–Kier alpha value is -0.610. The van der Waals surface area contributed by atoms with Gasteiger partial charge in [-0.2, -0.15) is 11.8 Å². The van der Waals surface area contributed by atoms with Gasteiger partial charge in [-0.1, -0.05) is 0 Å². The first-order chi connectivity index (χ1) is 8.31. The van der Waals surface area contributed by atoms with Crippen molar-refractivity contribution in [2.75, 3.05) is 5.75 Å². The molecule has 1 N–H and O–H groups in total. The molecule has 1 atom stereocenters. The standard InChI is InChI=1S/C13H19N3S/c1-9-7-11(8-14-10-4-5-10)16-13(15-9)12-3-2-6-17-12/h7,10,12,14H,2-6,8H2,1H3. The van der Waals surface area contributed by atoms with E-state index in [9.17, 15) is 0 Å². The molecule has 1 unspecified atom stereocenters. The molecule has 0 bridgehead atoms. The molecule has 92 valence electrons. The maximum Gasteiger partial charge on any atom is 0.141 e. The van der Waals surface area contributed by atoms with E-state index in [2.05, 4.69) is 23.3 Å². The Morgan fingerprint density at radius 3 is 2.94 bits per heavy atom. The van der Waals surface area contributed by atoms with Crippen LogP contribution in [-0.4, -0.2) is 21.8 Å². The minimum Gasteiger partial charge on any atom is -0.308 e. The largest absolute Gasteiger partial charge is 0.308 e. The number of thioether (sulfide) groups is 1. The zero-order chi connectivity index (χ0) is 11.7. The summed E-state index contributed by atoms with van der Waals surface area (Å²) in [6.45, 7) is 2.98. The molecule has 2 heterocycles. The fraction of sp³-hybridized carbons (Fsp3) is 0.692. The van der Waals surface area contributed by atoms with Crippen molar-refractivity contribution in [2.45, 2.75) is 50.4 Å². The van der Waals surface area contributed by atoms with Gasteiger partial charge in [0.1, 0.15) is 5.82 Å². The average molecular weight is 249 g/mol. The lowest BCUT2D eigenvalue weighted by atomic mass is 10.2. The molecular weight excluding hydrogens is 230 g/mol. The Balaban J connectivity index is 1.73. The highest BCUT2D eigenvalue weighted by atomic mass is 32.2. The van der Waals surface area contributed by atoms with Crippen LogP contribution in [0.4, 0.5) is 0 Å². The molecule has 3 rings (SSSR count). The highest BCUT2D eigenvalue weighted by Crippen LogP contribution is 2.38. The highest BCUT2D eigenvalue weighted by Gasteiger charge is 2.22. The first-order valence-electron chi connectivity index (χ1n) is 6.51. The molecule has 4 heteroatoms. The molecule has 2 aliphatic rings. The van der Waals surface area contributed by atoms with Crippen LogP contribution in [0.25, 0.3) is 0 Å². The van der Waals surface area contributed by atoms with Crippen molar-refractivity contribution in [3.8, 4) is 0 Å². The van der Waals surface area contributed by atoms with Gasteiger partial charge in [0.25, 0.3) is 0 Å². The van der Waals surface area contributed by atoms with Gasteiger partial charge in [0.2, 0.25) is 0 Å². The van der Waals surface area contributed by atoms with Crippen molar-refractivity contribution in [1.29, 1.82) is 0 Å². The van der Waals surface area contributed by atoms with Crippen molar-refractivity contribution in [1.82, 2.24) is 15.3 Å². The topological polar surface area (TPSA) is 37.8 Å². The summed E-state index contributed by atoms with van der Waals surface area (Å²) >= 11 is 2.00. The fourth-order valence-electron chi connectivity index (χ4n) is 2.21. The Morgan fingerprint density at radius 1 is 1.35 bits per heavy atom. The maximum absolute atomic E-state index is 4.72. The van der Waals surface area contributed by atoms with Crippen LogP contribution in [0.2, 0.25) is 0 Å². The summed E-state index contributed by atoms with van der Waals surface area (Å²) in [5, 5.41) is 4.06. The van der Waals surface area contributed by atoms with Crippen LogP contribution in [0.15, 0.2) is 6.07 Å². The van der Waals surface area contributed by atoms with Crippen LogP contribution < -0.4 is 5.32 Å². The van der Waals surface area contributed by atoms with E-state index in [0.717, 1.165) is 29.8 Å². The highest BCUT2D eigenvalue weighted by molar-refractivity contribution is 7.99. The molecule has 1 aliphatic heterocycles. The lowest BCUT2D eigenvalue weighted by Gasteiger charge is -2.10. The summed E-state index contributed by atoms with van der Waals surface area (Å²) in [6.07, 6.45) is 5.21. The number of hydrogen-bond donors (Lipinski definition) is 1.